The van der Waals surface area contributed by atoms with Gasteiger partial charge in [0.05, 0.1) is 4.90 Å². The summed E-state index contributed by atoms with van der Waals surface area (Å²) in [5.41, 5.74) is 4.18. The Morgan fingerprint density at radius 1 is 1.07 bits per heavy atom. The van der Waals surface area contributed by atoms with E-state index in [0.29, 0.717) is 13.0 Å². The van der Waals surface area contributed by atoms with Gasteiger partial charge in [-0.3, -0.25) is 4.79 Å². The minimum absolute atomic E-state index is 0.106. The first-order valence-electron chi connectivity index (χ1n) is 10.4. The third-order valence-corrected chi connectivity index (χ3v) is 7.81. The van der Waals surface area contributed by atoms with Gasteiger partial charge in [0.2, 0.25) is 10.0 Å². The Balaban J connectivity index is 1.53. The molecule has 0 radical (unpaired) electrons. The zero-order chi connectivity index (χ0) is 21.5. The normalized spacial score (nSPS) is 16.9. The number of hydrogen-bond acceptors (Lipinski definition) is 4. The molecule has 0 N–H and O–H groups in total. The van der Waals surface area contributed by atoms with Crippen LogP contribution in [0.1, 0.15) is 36.5 Å². The maximum absolute atomic E-state index is 13.1. The summed E-state index contributed by atoms with van der Waals surface area (Å²) >= 11 is 0. The monoisotopic (exact) mass is 428 g/mol. The lowest BCUT2D eigenvalue weighted by molar-refractivity contribution is -0.124. The molecule has 4 rings (SSSR count). The maximum Gasteiger partial charge on any atom is 0.267 e. The molecule has 0 bridgehead atoms. The maximum atomic E-state index is 13.1. The third kappa shape index (κ3) is 3.72. The Morgan fingerprint density at radius 3 is 2.60 bits per heavy atom. The molecule has 0 saturated heterocycles. The Bertz CT molecular complexity index is 1080. The van der Waals surface area contributed by atoms with Crippen LogP contribution in [0.2, 0.25) is 0 Å². The number of ether oxygens (including phenoxy) is 1. The lowest BCUT2D eigenvalue weighted by atomic mass is 9.91. The predicted octanol–water partition coefficient (Wildman–Crippen LogP) is 3.17. The van der Waals surface area contributed by atoms with Crippen LogP contribution >= 0.6 is 0 Å². The first-order chi connectivity index (χ1) is 14.3. The molecule has 2 aromatic rings. The molecule has 6 nitrogen and oxygen atoms in total. The first-order valence-corrected chi connectivity index (χ1v) is 11.9. The van der Waals surface area contributed by atoms with E-state index in [4.69, 9.17) is 4.74 Å². The van der Waals surface area contributed by atoms with Crippen LogP contribution in [-0.2, 0) is 34.1 Å². The molecule has 1 unspecified atom stereocenters. The van der Waals surface area contributed by atoms with E-state index in [1.807, 2.05) is 12.1 Å². The predicted molar refractivity (Wildman–Crippen MR) is 117 cm³/mol. The quantitative estimate of drug-likeness (QED) is 0.734. The summed E-state index contributed by atoms with van der Waals surface area (Å²) in [5, 5.41) is 0. The van der Waals surface area contributed by atoms with Crippen LogP contribution < -0.4 is 9.64 Å². The van der Waals surface area contributed by atoms with E-state index in [9.17, 15) is 13.2 Å². The molecule has 1 aliphatic heterocycles. The van der Waals surface area contributed by atoms with Crippen molar-refractivity contribution in [2.45, 2.75) is 50.0 Å². The first kappa shape index (κ1) is 20.9. The standard InChI is InChI=1S/C23H28N2O4S/c1-16(29-22-10-6-8-17-7-4-5-9-20(17)22)23(26)25-14-13-18-15-19(11-12-21(18)25)30(27,28)24(2)3/h6,8,10-12,15-16H,4-5,7,9,13-14H2,1-3H3. The minimum Gasteiger partial charge on any atom is -0.481 e. The molecule has 1 atom stereocenters. The van der Waals surface area contributed by atoms with Gasteiger partial charge < -0.3 is 9.64 Å². The number of benzene rings is 2. The van der Waals surface area contributed by atoms with Gasteiger partial charge in [0, 0.05) is 26.3 Å². The highest BCUT2D eigenvalue weighted by molar-refractivity contribution is 7.89. The van der Waals surface area contributed by atoms with E-state index in [1.54, 1.807) is 30.0 Å². The molecule has 1 amide bonds. The van der Waals surface area contributed by atoms with E-state index in [2.05, 4.69) is 6.07 Å². The number of fused-ring (bicyclic) bond motifs is 2. The van der Waals surface area contributed by atoms with Crippen LogP contribution in [-0.4, -0.2) is 45.4 Å². The summed E-state index contributed by atoms with van der Waals surface area (Å²) in [7, 11) is -0.470. The van der Waals surface area contributed by atoms with Gasteiger partial charge >= 0.3 is 0 Å². The summed E-state index contributed by atoms with van der Waals surface area (Å²) in [5.74, 6) is 0.699. The van der Waals surface area contributed by atoms with Crippen LogP contribution in [0.3, 0.4) is 0 Å². The number of nitrogens with zero attached hydrogens (tertiary/aromatic N) is 2. The van der Waals surface area contributed by atoms with Gasteiger partial charge in [-0.2, -0.15) is 0 Å². The second-order valence-electron chi connectivity index (χ2n) is 8.18. The molecular weight excluding hydrogens is 400 g/mol. The lowest BCUT2D eigenvalue weighted by Crippen LogP contribution is -2.39. The number of hydrogen-bond donors (Lipinski definition) is 0. The van der Waals surface area contributed by atoms with Crippen LogP contribution in [0, 0.1) is 0 Å². The highest BCUT2D eigenvalue weighted by atomic mass is 32.2. The number of carbonyl (C=O) groups excluding carboxylic acids is 1. The molecule has 1 aliphatic carbocycles. The summed E-state index contributed by atoms with van der Waals surface area (Å²) < 4.78 is 32.1. The molecule has 0 aromatic heterocycles. The van der Waals surface area contributed by atoms with Crippen molar-refractivity contribution in [1.29, 1.82) is 0 Å². The molecule has 2 aliphatic rings. The SMILES string of the molecule is CC(Oc1cccc2c1CCCC2)C(=O)N1CCc2cc(S(=O)(=O)N(C)C)ccc21. The Labute approximate surface area is 178 Å². The minimum atomic E-state index is -3.50. The second-order valence-corrected chi connectivity index (χ2v) is 10.3. The average Bonchev–Trinajstić information content (AvgIpc) is 3.16. The van der Waals surface area contributed by atoms with Crippen molar-refractivity contribution in [2.24, 2.45) is 0 Å². The van der Waals surface area contributed by atoms with Crippen molar-refractivity contribution < 1.29 is 17.9 Å². The van der Waals surface area contributed by atoms with E-state index in [0.717, 1.165) is 36.3 Å². The number of aryl methyl sites for hydroxylation is 1. The van der Waals surface area contributed by atoms with Crippen molar-refractivity contribution in [3.05, 3.63) is 53.1 Å². The van der Waals surface area contributed by atoms with Crippen LogP contribution in [0.4, 0.5) is 5.69 Å². The Kier molecular flexibility index (Phi) is 5.59. The van der Waals surface area contributed by atoms with Gasteiger partial charge in [-0.1, -0.05) is 12.1 Å². The van der Waals surface area contributed by atoms with Crippen LogP contribution in [0.5, 0.6) is 5.75 Å². The van der Waals surface area contributed by atoms with E-state index in [-0.39, 0.29) is 10.8 Å². The highest BCUT2D eigenvalue weighted by Gasteiger charge is 2.31. The van der Waals surface area contributed by atoms with Gasteiger partial charge in [0.1, 0.15) is 5.75 Å². The summed E-state index contributed by atoms with van der Waals surface area (Å²) in [6.07, 6.45) is 4.41. The number of carbonyl (C=O) groups is 1. The largest absolute Gasteiger partial charge is 0.481 e. The fourth-order valence-electron chi connectivity index (χ4n) is 4.30. The number of amides is 1. The van der Waals surface area contributed by atoms with Crippen LogP contribution in [0.15, 0.2) is 41.3 Å². The van der Waals surface area contributed by atoms with Gasteiger partial charge in [0.25, 0.3) is 5.91 Å². The summed E-state index contributed by atoms with van der Waals surface area (Å²) in [4.78, 5) is 15.1. The fourth-order valence-corrected chi connectivity index (χ4v) is 5.25. The summed E-state index contributed by atoms with van der Waals surface area (Å²) in [6.45, 7) is 2.31. The van der Waals surface area contributed by atoms with E-state index < -0.39 is 16.1 Å². The van der Waals surface area contributed by atoms with Crippen molar-refractivity contribution >= 4 is 21.6 Å². The Morgan fingerprint density at radius 2 is 1.83 bits per heavy atom. The molecule has 1 heterocycles. The van der Waals surface area contributed by atoms with Crippen molar-refractivity contribution in [1.82, 2.24) is 4.31 Å². The molecule has 30 heavy (non-hydrogen) atoms. The lowest BCUT2D eigenvalue weighted by Gasteiger charge is -2.25. The summed E-state index contributed by atoms with van der Waals surface area (Å²) in [6, 6.07) is 11.1. The molecular formula is C23H28N2O4S. The number of sulfonamides is 1. The fraction of sp³-hybridized carbons (Fsp3) is 0.435. The smallest absolute Gasteiger partial charge is 0.267 e. The second kappa shape index (κ2) is 8.04. The Hall–Kier alpha value is -2.38. The molecule has 7 heteroatoms. The molecule has 0 spiro atoms. The zero-order valence-electron chi connectivity index (χ0n) is 17.7. The van der Waals surface area contributed by atoms with Crippen molar-refractivity contribution in [2.75, 3.05) is 25.5 Å². The zero-order valence-corrected chi connectivity index (χ0v) is 18.5. The average molecular weight is 429 g/mol. The molecule has 2 aromatic carbocycles. The number of rotatable bonds is 5. The molecule has 160 valence electrons. The number of anilines is 1. The molecule has 0 fully saturated rings. The third-order valence-electron chi connectivity index (χ3n) is 6.00. The van der Waals surface area contributed by atoms with Gasteiger partial charge in [-0.05, 0) is 80.0 Å². The molecule has 0 saturated carbocycles. The van der Waals surface area contributed by atoms with E-state index in [1.165, 1.54) is 35.9 Å². The van der Waals surface area contributed by atoms with Gasteiger partial charge in [-0.15, -0.1) is 0 Å². The van der Waals surface area contributed by atoms with Crippen LogP contribution in [0.25, 0.3) is 0 Å². The van der Waals surface area contributed by atoms with Crippen molar-refractivity contribution in [3.8, 4) is 5.75 Å². The van der Waals surface area contributed by atoms with E-state index >= 15 is 0 Å². The van der Waals surface area contributed by atoms with Gasteiger partial charge in [-0.25, -0.2) is 12.7 Å². The van der Waals surface area contributed by atoms with Crippen molar-refractivity contribution in [3.63, 3.8) is 0 Å². The highest BCUT2D eigenvalue weighted by Crippen LogP contribution is 2.33. The topological polar surface area (TPSA) is 66.9 Å². The van der Waals surface area contributed by atoms with Gasteiger partial charge in [0.15, 0.2) is 6.10 Å².